The van der Waals surface area contributed by atoms with E-state index in [1.807, 2.05) is 0 Å². The highest BCUT2D eigenvalue weighted by Gasteiger charge is 2.31. The summed E-state index contributed by atoms with van der Waals surface area (Å²) in [5.74, 6) is -2.33. The van der Waals surface area contributed by atoms with Gasteiger partial charge in [-0.05, 0) is 27.7 Å². The molecule has 0 aliphatic rings. The molecule has 0 fully saturated rings. The van der Waals surface area contributed by atoms with Crippen molar-refractivity contribution in [3.05, 3.63) is 31.6 Å². The third-order valence-electron chi connectivity index (χ3n) is 3.03. The molecule has 0 saturated heterocycles. The van der Waals surface area contributed by atoms with Crippen LogP contribution in [0.25, 0.3) is 0 Å². The Hall–Kier alpha value is -2.70. The van der Waals surface area contributed by atoms with Crippen molar-refractivity contribution in [2.75, 3.05) is 0 Å². The molecule has 0 saturated carbocycles. The normalized spacial score (nSPS) is 11.1. The first-order valence-electron chi connectivity index (χ1n) is 6.56. The van der Waals surface area contributed by atoms with Gasteiger partial charge < -0.3 is 4.42 Å². The van der Waals surface area contributed by atoms with E-state index in [2.05, 4.69) is 14.3 Å². The van der Waals surface area contributed by atoms with Crippen LogP contribution in [0.3, 0.4) is 0 Å². The predicted octanol–water partition coefficient (Wildman–Crippen LogP) is -2.39. The van der Waals surface area contributed by atoms with Gasteiger partial charge in [-0.3, -0.25) is 9.38 Å². The van der Waals surface area contributed by atoms with Gasteiger partial charge in [0.05, 0.1) is 5.44 Å². The lowest BCUT2D eigenvalue weighted by Crippen LogP contribution is -2.57. The summed E-state index contributed by atoms with van der Waals surface area (Å²) in [5.41, 5.74) is -3.28. The number of hydrogen-bond donors (Lipinski definition) is 0. The molecule has 0 aromatic carbocycles. The molecule has 0 amide bonds. The molecule has 0 unspecified atom stereocenters. The van der Waals surface area contributed by atoms with Crippen LogP contribution in [0.5, 0.6) is 0 Å². The second kappa shape index (κ2) is 6.60. The van der Waals surface area contributed by atoms with Crippen molar-refractivity contribution in [1.29, 1.82) is 0 Å². The van der Waals surface area contributed by atoms with Crippen LogP contribution >= 0.6 is 0 Å². The maximum atomic E-state index is 12.5. The van der Waals surface area contributed by atoms with Gasteiger partial charge in [0.15, 0.2) is 0 Å². The van der Waals surface area contributed by atoms with Gasteiger partial charge in [0.2, 0.25) is 12.2 Å². The van der Waals surface area contributed by atoms with Gasteiger partial charge in [0.1, 0.15) is 0 Å². The van der Waals surface area contributed by atoms with Crippen molar-refractivity contribution in [1.82, 2.24) is 9.05 Å². The first-order chi connectivity index (χ1) is 10.6. The molecule has 12 heteroatoms. The largest absolute Gasteiger partial charge is 0.426 e. The monoisotopic (exact) mass is 320 g/mol. The number of nitrogens with zero attached hydrogens (tertiary/aromatic N) is 4. The van der Waals surface area contributed by atoms with Gasteiger partial charge in [-0.2, -0.15) is 0 Å². The number of isocyanates is 2. The van der Waals surface area contributed by atoms with Crippen LogP contribution in [0.4, 0.5) is 0 Å². The summed E-state index contributed by atoms with van der Waals surface area (Å²) in [7, 11) is -0.508. The topological polar surface area (TPSA) is 133 Å². The molecule has 23 heavy (non-hydrogen) atoms. The summed E-state index contributed by atoms with van der Waals surface area (Å²) in [4.78, 5) is 63.6. The van der Waals surface area contributed by atoms with E-state index in [1.54, 1.807) is 0 Å². The Labute approximate surface area is 131 Å². The summed E-state index contributed by atoms with van der Waals surface area (Å²) in [5, 5.41) is 0. The number of carbonyl (C=O) groups excluding carboxylic acids is 2. The van der Waals surface area contributed by atoms with Crippen molar-refractivity contribution in [2.24, 2.45) is 9.90 Å². The molecule has 0 N–H and O–H groups in total. The second-order valence-corrected chi connectivity index (χ2v) is 6.07. The Bertz CT molecular complexity index is 868. The molecule has 1 heterocycles. The quantitative estimate of drug-likeness (QED) is 0.326. The Morgan fingerprint density at radius 3 is 2.17 bits per heavy atom. The Morgan fingerprint density at radius 1 is 1.04 bits per heavy atom. The van der Waals surface area contributed by atoms with Crippen molar-refractivity contribution < 1.29 is 14.0 Å². The van der Waals surface area contributed by atoms with E-state index in [1.165, 1.54) is 39.9 Å². The van der Waals surface area contributed by atoms with E-state index in [4.69, 9.17) is 0 Å². The fourth-order valence-electron chi connectivity index (χ4n) is 1.93. The molecule has 0 aliphatic heterocycles. The van der Waals surface area contributed by atoms with Crippen LogP contribution in [0.2, 0.25) is 0 Å². The number of aliphatic imine (C=N–C) groups is 1. The van der Waals surface area contributed by atoms with E-state index >= 15 is 0 Å². The maximum Gasteiger partial charge on any atom is 0.426 e. The van der Waals surface area contributed by atoms with Gasteiger partial charge in [0, 0.05) is 5.44 Å². The molecule has 0 atom stereocenters. The molecule has 10 nitrogen and oxygen atoms in total. The molecule has 1 aromatic rings. The van der Waals surface area contributed by atoms with Crippen molar-refractivity contribution in [2.45, 2.75) is 38.6 Å². The van der Waals surface area contributed by atoms with Crippen molar-refractivity contribution >= 4 is 27.0 Å². The van der Waals surface area contributed by atoms with E-state index < -0.39 is 28.1 Å². The van der Waals surface area contributed by atoms with Crippen molar-refractivity contribution in [3.63, 3.8) is 0 Å². The summed E-state index contributed by atoms with van der Waals surface area (Å²) < 4.78 is 5.87. The minimum absolute atomic E-state index is 0.213. The summed E-state index contributed by atoms with van der Waals surface area (Å²) in [6, 6.07) is 0. The zero-order valence-electron chi connectivity index (χ0n) is 13.2. The third-order valence-corrected chi connectivity index (χ3v) is 3.03. The second-order valence-electron chi connectivity index (χ2n) is 6.07. The molecular formula is C11H14B2N4O6. The lowest BCUT2D eigenvalue weighted by atomic mass is 9.70. The first kappa shape index (κ1) is 18.3. The van der Waals surface area contributed by atoms with Crippen LogP contribution in [0, 0.1) is 0 Å². The van der Waals surface area contributed by atoms with Gasteiger partial charge >= 0.3 is 24.6 Å². The fourth-order valence-corrected chi connectivity index (χ4v) is 1.93. The van der Waals surface area contributed by atoms with Crippen LogP contribution in [0.1, 0.15) is 27.7 Å². The molecule has 0 radical (unpaired) electrons. The zero-order valence-corrected chi connectivity index (χ0v) is 13.2. The van der Waals surface area contributed by atoms with E-state index in [0.717, 1.165) is 0 Å². The molecule has 0 spiro atoms. The molecule has 1 aromatic heterocycles. The van der Waals surface area contributed by atoms with Crippen LogP contribution in [0.15, 0.2) is 28.7 Å². The molecule has 1 rings (SSSR count). The molecule has 0 aliphatic carbocycles. The minimum Gasteiger partial charge on any atom is -0.359 e. The summed E-state index contributed by atoms with van der Waals surface area (Å²) in [6.07, 6.45) is 2.67. The summed E-state index contributed by atoms with van der Waals surface area (Å²) >= 11 is 0. The molecule has 0 bridgehead atoms. The SMILES string of the molecule is CC(C)(Bn1c(=O)oc(=O)n(C(C)(C)BN=C=O)c1=O)N=C=O. The van der Waals surface area contributed by atoms with Gasteiger partial charge in [-0.15, -0.1) is 0 Å². The average molecular weight is 320 g/mol. The highest BCUT2D eigenvalue weighted by atomic mass is 16.5. The van der Waals surface area contributed by atoms with Gasteiger partial charge in [-0.1, -0.05) is 0 Å². The number of rotatable bonds is 6. The average Bonchev–Trinajstić information content (AvgIpc) is 2.40. The minimum atomic E-state index is -1.22. The van der Waals surface area contributed by atoms with Crippen LogP contribution < -0.4 is 17.2 Å². The first-order valence-corrected chi connectivity index (χ1v) is 6.56. The van der Waals surface area contributed by atoms with E-state index in [0.29, 0.717) is 9.05 Å². The highest BCUT2D eigenvalue weighted by molar-refractivity contribution is 6.38. The van der Waals surface area contributed by atoms with Crippen LogP contribution in [-0.2, 0) is 15.0 Å². The van der Waals surface area contributed by atoms with Crippen molar-refractivity contribution in [3.8, 4) is 0 Å². The van der Waals surface area contributed by atoms with Gasteiger partial charge in [-0.25, -0.2) is 33.5 Å². The highest BCUT2D eigenvalue weighted by Crippen LogP contribution is 2.08. The third kappa shape index (κ3) is 4.15. The Balaban J connectivity index is 3.60. The fraction of sp³-hybridized carbons (Fsp3) is 0.545. The van der Waals surface area contributed by atoms with Gasteiger partial charge in [0.25, 0.3) is 7.41 Å². The Morgan fingerprint density at radius 2 is 1.65 bits per heavy atom. The lowest BCUT2D eigenvalue weighted by Gasteiger charge is -2.23. The molecule has 120 valence electrons. The Kier molecular flexibility index (Phi) is 5.26. The molecular weight excluding hydrogens is 306 g/mol. The lowest BCUT2D eigenvalue weighted by molar-refractivity contribution is 0.315. The predicted molar refractivity (Wildman–Crippen MR) is 82.8 cm³/mol. The number of hydrogen-bond acceptors (Lipinski definition) is 8. The smallest absolute Gasteiger partial charge is 0.359 e. The van der Waals surface area contributed by atoms with E-state index in [-0.39, 0.29) is 14.8 Å². The zero-order chi connectivity index (χ0) is 17.8. The van der Waals surface area contributed by atoms with E-state index in [9.17, 15) is 24.0 Å². The standard InChI is InChI=1S/C11H14B2N4O6/c1-10(2,14-5-18)13-17-7(20)16(8(21)23-9(17)22)11(3,4)12-15-6-19/h12-13H,1-4H3. The van der Waals surface area contributed by atoms with Crippen LogP contribution in [-0.4, -0.2) is 41.5 Å². The number of aromatic nitrogens is 2. The summed E-state index contributed by atoms with van der Waals surface area (Å²) in [6.45, 7) is 5.94. The maximum absolute atomic E-state index is 12.5.